The highest BCUT2D eigenvalue weighted by molar-refractivity contribution is 6.03. The largest absolute Gasteiger partial charge is 0.378 e. The number of hydrogen-bond acceptors (Lipinski definition) is 10. The van der Waals surface area contributed by atoms with Crippen molar-refractivity contribution in [1.29, 1.82) is 0 Å². The third kappa shape index (κ3) is 5.73. The minimum Gasteiger partial charge on any atom is -0.378 e. The van der Waals surface area contributed by atoms with Gasteiger partial charge in [0, 0.05) is 69.8 Å². The van der Waals surface area contributed by atoms with E-state index in [1.165, 1.54) is 4.57 Å². The molecule has 7 heterocycles. The zero-order valence-corrected chi connectivity index (χ0v) is 28.8. The molecule has 258 valence electrons. The van der Waals surface area contributed by atoms with Gasteiger partial charge in [-0.15, -0.1) is 0 Å². The summed E-state index contributed by atoms with van der Waals surface area (Å²) in [5.74, 6) is 1.48. The van der Waals surface area contributed by atoms with E-state index in [9.17, 15) is 14.4 Å². The second-order valence-electron chi connectivity index (χ2n) is 15.4. The molecular weight excluding hydrogens is 620 g/mol. The molecule has 3 aromatic rings. The highest BCUT2D eigenvalue weighted by Gasteiger charge is 2.54. The quantitative estimate of drug-likeness (QED) is 0.376. The van der Waals surface area contributed by atoms with Crippen LogP contribution in [0.5, 0.6) is 0 Å². The van der Waals surface area contributed by atoms with E-state index in [1.807, 2.05) is 18.3 Å². The number of rotatable bonds is 7. The number of hydrogen-bond donors (Lipinski definition) is 1. The Morgan fingerprint density at radius 3 is 2.59 bits per heavy atom. The molecular formula is C37H46N8O4. The molecule has 12 heteroatoms. The Balaban J connectivity index is 1.01. The summed E-state index contributed by atoms with van der Waals surface area (Å²) in [5.41, 5.74) is 3.10. The van der Waals surface area contributed by atoms with E-state index in [-0.39, 0.29) is 17.5 Å². The molecule has 12 nitrogen and oxygen atoms in total. The van der Waals surface area contributed by atoms with Crippen molar-refractivity contribution in [3.63, 3.8) is 0 Å². The molecule has 8 rings (SSSR count). The maximum atomic E-state index is 13.9. The van der Waals surface area contributed by atoms with Crippen LogP contribution in [0.4, 0.5) is 23.0 Å². The first-order valence-electron chi connectivity index (χ1n) is 17.6. The number of carbonyl (C=O) groups excluding carboxylic acids is 2. The average Bonchev–Trinajstić information content (AvgIpc) is 3.55. The molecule has 1 aliphatic carbocycles. The number of carbonyl (C=O) groups is 2. The SMILES string of the molecule is C[C@H]1CN(C2COC2)CCN1c1ccc(Nc2cc(-c3ccnc(N4CCN5C(CC6CC(C)(C)CC65)C4=O)c3C=O)cn(C)c2=O)nc1. The molecule has 0 spiro atoms. The number of aromatic nitrogens is 3. The van der Waals surface area contributed by atoms with Crippen LogP contribution >= 0.6 is 0 Å². The normalized spacial score (nSPS) is 27.1. The molecule has 1 N–H and O–H groups in total. The Kier molecular flexibility index (Phi) is 8.08. The Hall–Kier alpha value is -4.13. The van der Waals surface area contributed by atoms with Gasteiger partial charge in [-0.3, -0.25) is 29.1 Å². The average molecular weight is 667 g/mol. The van der Waals surface area contributed by atoms with Crippen LogP contribution in [0.25, 0.3) is 11.1 Å². The second-order valence-corrected chi connectivity index (χ2v) is 15.4. The first kappa shape index (κ1) is 32.1. The first-order valence-corrected chi connectivity index (χ1v) is 17.6. The number of nitrogens with zero attached hydrogens (tertiary/aromatic N) is 7. The van der Waals surface area contributed by atoms with Gasteiger partial charge in [0.25, 0.3) is 5.56 Å². The van der Waals surface area contributed by atoms with E-state index in [1.54, 1.807) is 36.5 Å². The lowest BCUT2D eigenvalue weighted by atomic mass is 9.88. The summed E-state index contributed by atoms with van der Waals surface area (Å²) in [6.07, 6.45) is 9.10. The van der Waals surface area contributed by atoms with Crippen molar-refractivity contribution in [3.05, 3.63) is 58.8 Å². The number of nitrogens with one attached hydrogen (secondary N) is 1. The zero-order valence-electron chi connectivity index (χ0n) is 28.8. The predicted octanol–water partition coefficient (Wildman–Crippen LogP) is 3.53. The molecule has 0 bridgehead atoms. The van der Waals surface area contributed by atoms with Crippen molar-refractivity contribution >= 4 is 35.2 Å². The van der Waals surface area contributed by atoms with Crippen LogP contribution in [-0.2, 0) is 16.6 Å². The van der Waals surface area contributed by atoms with E-state index in [2.05, 4.69) is 50.8 Å². The van der Waals surface area contributed by atoms with Crippen LogP contribution in [0.3, 0.4) is 0 Å². The van der Waals surface area contributed by atoms with Gasteiger partial charge in [0.2, 0.25) is 5.91 Å². The van der Waals surface area contributed by atoms with E-state index in [0.717, 1.165) is 70.6 Å². The maximum Gasteiger partial charge on any atom is 0.274 e. The Morgan fingerprint density at radius 2 is 1.88 bits per heavy atom. The van der Waals surface area contributed by atoms with Gasteiger partial charge in [0.15, 0.2) is 6.29 Å². The predicted molar refractivity (Wildman–Crippen MR) is 189 cm³/mol. The van der Waals surface area contributed by atoms with Crippen LogP contribution in [0, 0.1) is 11.3 Å². The molecule has 5 fully saturated rings. The number of pyridine rings is 3. The molecule has 3 unspecified atom stereocenters. The summed E-state index contributed by atoms with van der Waals surface area (Å²) >= 11 is 0. The summed E-state index contributed by atoms with van der Waals surface area (Å²) in [5, 5.41) is 3.22. The molecule has 0 radical (unpaired) electrons. The molecule has 4 aliphatic heterocycles. The fraction of sp³-hybridized carbons (Fsp3) is 0.541. The highest BCUT2D eigenvalue weighted by atomic mass is 16.5. The smallest absolute Gasteiger partial charge is 0.274 e. The van der Waals surface area contributed by atoms with E-state index in [0.29, 0.717) is 70.0 Å². The fourth-order valence-corrected chi connectivity index (χ4v) is 9.12. The standard InChI is InChI=1S/C37H46N8O4/c1-23-18-42(27-21-49-22-27)9-10-43(23)26-5-6-33(39-17-26)40-30-13-25(19-41(4)35(30)47)28-7-8-38-34(29(28)20-46)45-12-11-44-31(36(45)48)14-24-15-37(2,3)16-32(24)44/h5-8,13,17,19-20,23-24,27,31-32H,9-12,14-16,18,21-22H2,1-4H3,(H,39,40)/t23-,24?,31?,32?/m0/s1. The molecule has 4 saturated heterocycles. The number of piperazine rings is 2. The number of anilines is 4. The summed E-state index contributed by atoms with van der Waals surface area (Å²) in [6, 6.07) is 8.60. The van der Waals surface area contributed by atoms with Gasteiger partial charge in [-0.05, 0) is 67.3 Å². The van der Waals surface area contributed by atoms with Gasteiger partial charge in [0.1, 0.15) is 17.3 Å². The Bertz CT molecular complexity index is 1820. The van der Waals surface area contributed by atoms with Crippen LogP contribution in [0.1, 0.15) is 50.4 Å². The van der Waals surface area contributed by atoms with Crippen LogP contribution < -0.4 is 20.7 Å². The summed E-state index contributed by atoms with van der Waals surface area (Å²) in [7, 11) is 1.69. The highest BCUT2D eigenvalue weighted by Crippen LogP contribution is 2.51. The van der Waals surface area contributed by atoms with Crippen LogP contribution in [0.2, 0.25) is 0 Å². The number of aldehydes is 1. The van der Waals surface area contributed by atoms with Gasteiger partial charge >= 0.3 is 0 Å². The minimum absolute atomic E-state index is 0.0211. The second kappa shape index (κ2) is 12.3. The summed E-state index contributed by atoms with van der Waals surface area (Å²) in [6.45, 7) is 12.7. The third-order valence-corrected chi connectivity index (χ3v) is 11.6. The maximum absolute atomic E-state index is 13.9. The monoisotopic (exact) mass is 666 g/mol. The first-order chi connectivity index (χ1) is 23.6. The van der Waals surface area contributed by atoms with Crippen molar-refractivity contribution in [2.24, 2.45) is 18.4 Å². The van der Waals surface area contributed by atoms with Crippen molar-refractivity contribution in [1.82, 2.24) is 24.3 Å². The Labute approximate surface area is 287 Å². The zero-order chi connectivity index (χ0) is 34.0. The van der Waals surface area contributed by atoms with E-state index in [4.69, 9.17) is 4.74 Å². The minimum atomic E-state index is -0.220. The lowest BCUT2D eigenvalue weighted by molar-refractivity contribution is -0.125. The van der Waals surface area contributed by atoms with Gasteiger partial charge in [-0.25, -0.2) is 9.97 Å². The van der Waals surface area contributed by atoms with E-state index >= 15 is 0 Å². The van der Waals surface area contributed by atoms with E-state index < -0.39 is 0 Å². The summed E-state index contributed by atoms with van der Waals surface area (Å²) in [4.78, 5) is 58.1. The van der Waals surface area contributed by atoms with Crippen LogP contribution in [-0.4, -0.2) is 107 Å². The molecule has 4 atom stereocenters. The number of ether oxygens (including phenoxy) is 1. The van der Waals surface area contributed by atoms with Crippen molar-refractivity contribution in [2.45, 2.75) is 64.2 Å². The number of amides is 1. The third-order valence-electron chi connectivity index (χ3n) is 11.6. The molecule has 5 aliphatic rings. The van der Waals surface area contributed by atoms with Crippen LogP contribution in [0.15, 0.2) is 47.7 Å². The van der Waals surface area contributed by atoms with Crippen molar-refractivity contribution < 1.29 is 14.3 Å². The molecule has 1 amide bonds. The molecule has 49 heavy (non-hydrogen) atoms. The topological polar surface area (TPSA) is 116 Å². The lowest BCUT2D eigenvalue weighted by Gasteiger charge is -2.46. The summed E-state index contributed by atoms with van der Waals surface area (Å²) < 4.78 is 6.89. The van der Waals surface area contributed by atoms with Gasteiger partial charge in [0.05, 0.1) is 42.7 Å². The molecule has 0 aromatic carbocycles. The number of fused-ring (bicyclic) bond motifs is 3. The lowest BCUT2D eigenvalue weighted by Crippen LogP contribution is -2.59. The number of aryl methyl sites for hydroxylation is 1. The fourth-order valence-electron chi connectivity index (χ4n) is 9.12. The van der Waals surface area contributed by atoms with Gasteiger partial charge in [-0.1, -0.05) is 13.8 Å². The van der Waals surface area contributed by atoms with Crippen molar-refractivity contribution in [2.75, 3.05) is 61.1 Å². The van der Waals surface area contributed by atoms with Gasteiger partial charge in [-0.2, -0.15) is 0 Å². The Morgan fingerprint density at radius 1 is 1.04 bits per heavy atom. The molecule has 3 aromatic heterocycles. The van der Waals surface area contributed by atoms with Gasteiger partial charge < -0.3 is 19.5 Å². The molecule has 1 saturated carbocycles. The van der Waals surface area contributed by atoms with Crippen molar-refractivity contribution in [3.8, 4) is 11.1 Å².